The normalized spacial score (nSPS) is 15.6. The summed E-state index contributed by atoms with van der Waals surface area (Å²) in [6.07, 6.45) is -0.671. The number of hydrogen-bond acceptors (Lipinski definition) is 17. The number of ether oxygens (including phenoxy) is 8. The van der Waals surface area contributed by atoms with Crippen molar-refractivity contribution in [2.45, 2.75) is 112 Å². The van der Waals surface area contributed by atoms with Crippen LogP contribution in [0.25, 0.3) is 0 Å². The summed E-state index contributed by atoms with van der Waals surface area (Å²) in [7, 11) is 6.80. The van der Waals surface area contributed by atoms with E-state index in [0.29, 0.717) is 36.1 Å². The average Bonchev–Trinajstić information content (AvgIpc) is 3.23. The summed E-state index contributed by atoms with van der Waals surface area (Å²) in [5, 5.41) is 10.2. The lowest BCUT2D eigenvalue weighted by Crippen LogP contribution is -2.50. The predicted octanol–water partition coefficient (Wildman–Crippen LogP) is 7.16. The number of carbonyl (C=O) groups excluding carboxylic acids is 4. The van der Waals surface area contributed by atoms with E-state index < -0.39 is 50.3 Å². The van der Waals surface area contributed by atoms with E-state index in [1.165, 1.54) is 0 Å². The number of carbonyl (C=O) groups is 4. The van der Waals surface area contributed by atoms with Gasteiger partial charge in [0.05, 0.1) is 71.6 Å². The quantitative estimate of drug-likeness (QED) is 0.0294. The van der Waals surface area contributed by atoms with Crippen LogP contribution in [-0.2, 0) is 57.1 Å². The molecule has 66 heavy (non-hydrogen) atoms. The lowest BCUT2D eigenvalue weighted by Gasteiger charge is -2.44. The molecule has 15 nitrogen and oxygen atoms in total. The van der Waals surface area contributed by atoms with Crippen LogP contribution < -0.4 is 0 Å². The van der Waals surface area contributed by atoms with Crippen molar-refractivity contribution in [3.8, 4) is 6.07 Å². The van der Waals surface area contributed by atoms with E-state index in [4.69, 9.17) is 50.1 Å². The minimum atomic E-state index is -1.65. The second-order valence-electron chi connectivity index (χ2n) is 19.4. The molecule has 1 rings (SSSR count). The number of thiocarbonyl (C=S) groups is 1. The summed E-state index contributed by atoms with van der Waals surface area (Å²) in [6, 6.07) is 11.9. The van der Waals surface area contributed by atoms with Crippen molar-refractivity contribution in [2.24, 2.45) is 21.7 Å². The van der Waals surface area contributed by atoms with Gasteiger partial charge in [-0.1, -0.05) is 54.3 Å². The van der Waals surface area contributed by atoms with Crippen LogP contribution >= 0.6 is 24.0 Å². The van der Waals surface area contributed by atoms with Gasteiger partial charge in [-0.2, -0.15) is 5.26 Å². The largest absolute Gasteiger partial charge is 0.464 e. The van der Waals surface area contributed by atoms with Gasteiger partial charge in [0.15, 0.2) is 0 Å². The Kier molecular flexibility index (Phi) is 27.3. The van der Waals surface area contributed by atoms with Gasteiger partial charge in [-0.25, -0.2) is 0 Å². The minimum Gasteiger partial charge on any atom is -0.464 e. The van der Waals surface area contributed by atoms with Crippen LogP contribution in [0.15, 0.2) is 30.3 Å². The first-order valence-corrected chi connectivity index (χ1v) is 24.0. The molecule has 0 amide bonds. The highest BCUT2D eigenvalue weighted by Crippen LogP contribution is 2.52. The second-order valence-corrected chi connectivity index (χ2v) is 21.5. The molecule has 4 atom stereocenters. The molecular weight excluding hydrogens is 887 g/mol. The lowest BCUT2D eigenvalue weighted by atomic mass is 9.61. The maximum atomic E-state index is 14.9. The highest BCUT2D eigenvalue weighted by atomic mass is 32.2. The van der Waals surface area contributed by atoms with E-state index >= 15 is 0 Å². The number of likely N-dealkylation sites (N-methyl/N-ethyl adjacent to an activating group) is 1. The Balaban J connectivity index is 4.07. The Morgan fingerprint density at radius 3 is 1.45 bits per heavy atom. The number of esters is 4. The van der Waals surface area contributed by atoms with Crippen molar-refractivity contribution in [2.75, 3.05) is 107 Å². The Labute approximate surface area is 405 Å². The summed E-state index contributed by atoms with van der Waals surface area (Å²) in [6.45, 7) is 20.5. The van der Waals surface area contributed by atoms with E-state index in [-0.39, 0.29) is 90.6 Å². The topological polar surface area (TPSA) is 172 Å². The first-order valence-electron chi connectivity index (χ1n) is 22.8. The third-order valence-electron chi connectivity index (χ3n) is 11.1. The maximum Gasteiger partial charge on any atom is 0.322 e. The summed E-state index contributed by atoms with van der Waals surface area (Å²) in [5.41, 5.74) is -5.07. The van der Waals surface area contributed by atoms with Crippen LogP contribution in [0.2, 0.25) is 0 Å². The first-order chi connectivity index (χ1) is 30.8. The van der Waals surface area contributed by atoms with Crippen LogP contribution in [0.4, 0.5) is 0 Å². The first kappa shape index (κ1) is 60.8. The minimum absolute atomic E-state index is 0.00921. The number of benzene rings is 1. The summed E-state index contributed by atoms with van der Waals surface area (Å²) in [4.78, 5) is 62.8. The molecule has 0 fully saturated rings. The van der Waals surface area contributed by atoms with Crippen LogP contribution in [-0.4, -0.2) is 162 Å². The van der Waals surface area contributed by atoms with Gasteiger partial charge in [0.2, 0.25) is 0 Å². The fourth-order valence-corrected chi connectivity index (χ4v) is 10.2. The summed E-state index contributed by atoms with van der Waals surface area (Å²) >= 11 is 7.06. The smallest absolute Gasteiger partial charge is 0.322 e. The number of nitriles is 1. The number of thioether (sulfide) groups is 1. The molecule has 1 aromatic carbocycles. The molecule has 0 saturated heterocycles. The zero-order valence-corrected chi connectivity index (χ0v) is 44.0. The predicted molar refractivity (Wildman–Crippen MR) is 261 cm³/mol. The molecule has 0 aromatic heterocycles. The van der Waals surface area contributed by atoms with Crippen molar-refractivity contribution >= 4 is 52.1 Å². The Morgan fingerprint density at radius 1 is 0.606 bits per heavy atom. The Hall–Kier alpha value is -3.21. The van der Waals surface area contributed by atoms with Gasteiger partial charge in [0.25, 0.3) is 0 Å². The van der Waals surface area contributed by atoms with Gasteiger partial charge in [-0.15, -0.1) is 0 Å². The molecule has 0 saturated carbocycles. The molecule has 4 unspecified atom stereocenters. The average molecular weight is 968 g/mol. The van der Waals surface area contributed by atoms with E-state index in [1.54, 1.807) is 55.8 Å². The molecule has 1 aromatic rings. The number of hydrogen-bond donors (Lipinski definition) is 0. The van der Waals surface area contributed by atoms with Crippen molar-refractivity contribution in [3.05, 3.63) is 35.9 Å². The second kappa shape index (κ2) is 29.6. The van der Waals surface area contributed by atoms with Gasteiger partial charge < -0.3 is 42.8 Å². The third-order valence-corrected chi connectivity index (χ3v) is 12.8. The molecule has 0 aliphatic rings. The fourth-order valence-electron chi connectivity index (χ4n) is 8.32. The van der Waals surface area contributed by atoms with E-state index in [2.05, 4.69) is 38.7 Å². The SMILES string of the molecule is COCCOCCOC(=O)C(C)(CC(C)(CC(C)(C)C#N)C(=O)OCCN(C)C)CC(C)(CC(C)(SC(=S)c1ccccc1)C(=O)OCCN(C(C)C)C(C)C)C(=O)OCCOCCOC. The Morgan fingerprint density at radius 2 is 1.02 bits per heavy atom. The van der Waals surface area contributed by atoms with Crippen molar-refractivity contribution in [3.63, 3.8) is 0 Å². The van der Waals surface area contributed by atoms with Gasteiger partial charge in [0, 0.05) is 39.4 Å². The molecule has 0 bridgehead atoms. The molecule has 0 aliphatic carbocycles. The van der Waals surface area contributed by atoms with Crippen LogP contribution in [0.3, 0.4) is 0 Å². The van der Waals surface area contributed by atoms with Gasteiger partial charge in [-0.3, -0.25) is 24.1 Å². The van der Waals surface area contributed by atoms with E-state index in [9.17, 15) is 24.4 Å². The number of methoxy groups -OCH3 is 2. The molecule has 0 heterocycles. The standard InChI is InChI=1S/C49H81N3O12S2/c1-37(2)52(38(3)4)21-23-62-44(56)49(10,66-40(65)39-18-16-15-17-19-39)35-48(9,43(55)64-31-29-60-27-25-58-14)34-47(8,42(54)63-30-28-59-26-24-57-13)33-46(7,32-45(5,6)36-50)41(53)61-22-20-51(11)12/h15-19,37-38H,20-35H2,1-14H3. The van der Waals surface area contributed by atoms with E-state index in [1.807, 2.05) is 49.3 Å². The lowest BCUT2D eigenvalue weighted by molar-refractivity contribution is -0.172. The molecule has 17 heteroatoms. The monoisotopic (exact) mass is 968 g/mol. The van der Waals surface area contributed by atoms with Crippen LogP contribution in [0.1, 0.15) is 100 Å². The number of rotatable bonds is 34. The van der Waals surface area contributed by atoms with Crippen molar-refractivity contribution in [1.82, 2.24) is 9.80 Å². The summed E-state index contributed by atoms with van der Waals surface area (Å²) < 4.78 is 44.1. The highest BCUT2D eigenvalue weighted by Gasteiger charge is 2.56. The molecule has 376 valence electrons. The Bertz CT molecular complexity index is 1680. The highest BCUT2D eigenvalue weighted by molar-refractivity contribution is 8.25. The van der Waals surface area contributed by atoms with Crippen LogP contribution in [0, 0.1) is 33.0 Å². The zero-order valence-electron chi connectivity index (χ0n) is 42.4. The van der Waals surface area contributed by atoms with Gasteiger partial charge >= 0.3 is 23.9 Å². The molecule has 0 N–H and O–H groups in total. The zero-order chi connectivity index (χ0) is 50.2. The van der Waals surface area contributed by atoms with Crippen molar-refractivity contribution < 1.29 is 57.1 Å². The summed E-state index contributed by atoms with van der Waals surface area (Å²) in [5.74, 6) is -2.66. The third kappa shape index (κ3) is 21.4. The molecule has 0 aliphatic heterocycles. The van der Waals surface area contributed by atoms with Gasteiger partial charge in [0.1, 0.15) is 31.2 Å². The molecule has 0 spiro atoms. The van der Waals surface area contributed by atoms with E-state index in [0.717, 1.165) is 11.8 Å². The number of nitrogens with zero attached hydrogens (tertiary/aromatic N) is 3. The van der Waals surface area contributed by atoms with Crippen LogP contribution in [0.5, 0.6) is 0 Å². The fraction of sp³-hybridized carbons (Fsp3) is 0.755. The molecular formula is C49H81N3O12S2. The maximum absolute atomic E-state index is 14.9. The van der Waals surface area contributed by atoms with Gasteiger partial charge in [-0.05, 0) is 115 Å². The molecule has 0 radical (unpaired) electrons. The van der Waals surface area contributed by atoms with Crippen molar-refractivity contribution in [1.29, 1.82) is 5.26 Å².